The van der Waals surface area contributed by atoms with Crippen LogP contribution >= 0.6 is 0 Å². The molecule has 4 atom stereocenters. The van der Waals surface area contributed by atoms with E-state index >= 15 is 0 Å². The summed E-state index contributed by atoms with van der Waals surface area (Å²) in [6.07, 6.45) is 7.71. The SMILES string of the molecule is CC1(C)C2CCC(C2)C1C1CCCO1. The van der Waals surface area contributed by atoms with Crippen LogP contribution in [0.5, 0.6) is 0 Å². The van der Waals surface area contributed by atoms with Crippen molar-refractivity contribution in [1.29, 1.82) is 0 Å². The first-order chi connectivity index (χ1) is 6.69. The zero-order valence-corrected chi connectivity index (χ0v) is 9.46. The lowest BCUT2D eigenvalue weighted by Gasteiger charge is -2.41. The zero-order valence-electron chi connectivity index (χ0n) is 9.46. The molecule has 3 rings (SSSR count). The number of fused-ring (bicyclic) bond motifs is 2. The van der Waals surface area contributed by atoms with E-state index in [1.165, 1.54) is 32.1 Å². The van der Waals surface area contributed by atoms with Crippen molar-refractivity contribution in [2.75, 3.05) is 6.61 Å². The summed E-state index contributed by atoms with van der Waals surface area (Å²) < 4.78 is 5.93. The summed E-state index contributed by atoms with van der Waals surface area (Å²) >= 11 is 0. The highest BCUT2D eigenvalue weighted by Crippen LogP contribution is 2.61. The van der Waals surface area contributed by atoms with E-state index in [-0.39, 0.29) is 0 Å². The van der Waals surface area contributed by atoms with E-state index in [9.17, 15) is 0 Å². The van der Waals surface area contributed by atoms with Crippen LogP contribution in [0.1, 0.15) is 46.0 Å². The molecule has 3 fully saturated rings. The van der Waals surface area contributed by atoms with Crippen LogP contribution in [-0.2, 0) is 4.74 Å². The molecule has 1 saturated heterocycles. The first-order valence-electron chi connectivity index (χ1n) is 6.31. The lowest BCUT2D eigenvalue weighted by molar-refractivity contribution is -0.0194. The van der Waals surface area contributed by atoms with Gasteiger partial charge in [-0.1, -0.05) is 13.8 Å². The van der Waals surface area contributed by atoms with Gasteiger partial charge in [0.15, 0.2) is 0 Å². The quantitative estimate of drug-likeness (QED) is 0.622. The Hall–Kier alpha value is -0.0400. The lowest BCUT2D eigenvalue weighted by atomic mass is 9.66. The number of rotatable bonds is 1. The minimum Gasteiger partial charge on any atom is -0.378 e. The highest BCUT2D eigenvalue weighted by molar-refractivity contribution is 5.04. The second kappa shape index (κ2) is 2.98. The topological polar surface area (TPSA) is 9.23 Å². The molecule has 0 N–H and O–H groups in total. The van der Waals surface area contributed by atoms with Gasteiger partial charge in [0.25, 0.3) is 0 Å². The average molecular weight is 194 g/mol. The monoisotopic (exact) mass is 194 g/mol. The molecule has 0 amide bonds. The molecule has 1 aliphatic heterocycles. The van der Waals surface area contributed by atoms with Crippen LogP contribution in [0.3, 0.4) is 0 Å². The van der Waals surface area contributed by atoms with Crippen LogP contribution in [0.15, 0.2) is 0 Å². The fraction of sp³-hybridized carbons (Fsp3) is 1.00. The maximum Gasteiger partial charge on any atom is 0.0612 e. The minimum absolute atomic E-state index is 0.567. The molecule has 0 aromatic heterocycles. The fourth-order valence-electron chi connectivity index (χ4n) is 4.57. The van der Waals surface area contributed by atoms with E-state index in [0.717, 1.165) is 24.4 Å². The maximum absolute atomic E-state index is 5.93. The zero-order chi connectivity index (χ0) is 9.76. The normalized spacial score (nSPS) is 50.1. The van der Waals surface area contributed by atoms with Crippen LogP contribution in [0, 0.1) is 23.2 Å². The molecule has 1 heterocycles. The first kappa shape index (κ1) is 9.21. The van der Waals surface area contributed by atoms with Crippen LogP contribution in [0.25, 0.3) is 0 Å². The van der Waals surface area contributed by atoms with Crippen molar-refractivity contribution < 1.29 is 4.74 Å². The number of hydrogen-bond donors (Lipinski definition) is 0. The molecule has 14 heavy (non-hydrogen) atoms. The minimum atomic E-state index is 0.567. The van der Waals surface area contributed by atoms with Gasteiger partial charge in [-0.05, 0) is 55.3 Å². The maximum atomic E-state index is 5.93. The first-order valence-corrected chi connectivity index (χ1v) is 6.31. The van der Waals surface area contributed by atoms with Gasteiger partial charge >= 0.3 is 0 Å². The van der Waals surface area contributed by atoms with E-state index in [2.05, 4.69) is 13.8 Å². The Labute approximate surface area is 87.2 Å². The van der Waals surface area contributed by atoms with E-state index in [4.69, 9.17) is 4.74 Å². The summed E-state index contributed by atoms with van der Waals surface area (Å²) in [6.45, 7) is 6.00. The Morgan fingerprint density at radius 2 is 2.00 bits per heavy atom. The van der Waals surface area contributed by atoms with Crippen LogP contribution in [0.2, 0.25) is 0 Å². The summed E-state index contributed by atoms with van der Waals surface area (Å²) in [7, 11) is 0. The van der Waals surface area contributed by atoms with E-state index < -0.39 is 0 Å². The van der Waals surface area contributed by atoms with Gasteiger partial charge < -0.3 is 4.74 Å². The molecule has 2 saturated carbocycles. The largest absolute Gasteiger partial charge is 0.378 e. The van der Waals surface area contributed by atoms with Gasteiger partial charge in [-0.15, -0.1) is 0 Å². The second-order valence-electron chi connectivity index (χ2n) is 6.17. The molecule has 2 bridgehead atoms. The van der Waals surface area contributed by atoms with Crippen molar-refractivity contribution in [3.8, 4) is 0 Å². The standard InChI is InChI=1S/C13H22O/c1-13(2)10-6-5-9(8-10)12(13)11-4-3-7-14-11/h9-12H,3-8H2,1-2H3. The number of ether oxygens (including phenoxy) is 1. The molecule has 2 aliphatic carbocycles. The molecule has 3 aliphatic rings. The Kier molecular flexibility index (Phi) is 1.96. The Morgan fingerprint density at radius 1 is 1.14 bits per heavy atom. The van der Waals surface area contributed by atoms with Crippen molar-refractivity contribution in [2.24, 2.45) is 23.2 Å². The number of hydrogen-bond acceptors (Lipinski definition) is 1. The molecule has 0 aromatic carbocycles. The predicted octanol–water partition coefficient (Wildman–Crippen LogP) is 3.24. The van der Waals surface area contributed by atoms with Gasteiger partial charge in [0.05, 0.1) is 6.10 Å². The third-order valence-electron chi connectivity index (χ3n) is 5.26. The van der Waals surface area contributed by atoms with Gasteiger partial charge in [0, 0.05) is 6.61 Å². The highest BCUT2D eigenvalue weighted by Gasteiger charge is 2.55. The summed E-state index contributed by atoms with van der Waals surface area (Å²) in [5.41, 5.74) is 0.567. The molecule has 1 heteroatoms. The van der Waals surface area contributed by atoms with Crippen LogP contribution < -0.4 is 0 Å². The molecule has 0 radical (unpaired) electrons. The van der Waals surface area contributed by atoms with E-state index in [0.29, 0.717) is 11.5 Å². The predicted molar refractivity (Wildman–Crippen MR) is 57.1 cm³/mol. The third-order valence-corrected chi connectivity index (χ3v) is 5.26. The van der Waals surface area contributed by atoms with Crippen molar-refractivity contribution in [3.63, 3.8) is 0 Å². The van der Waals surface area contributed by atoms with Gasteiger partial charge in [-0.25, -0.2) is 0 Å². The highest BCUT2D eigenvalue weighted by atomic mass is 16.5. The van der Waals surface area contributed by atoms with Crippen LogP contribution in [-0.4, -0.2) is 12.7 Å². The second-order valence-corrected chi connectivity index (χ2v) is 6.17. The summed E-state index contributed by atoms with van der Waals surface area (Å²) in [4.78, 5) is 0. The van der Waals surface area contributed by atoms with E-state index in [1.54, 1.807) is 0 Å². The van der Waals surface area contributed by atoms with Crippen molar-refractivity contribution in [1.82, 2.24) is 0 Å². The van der Waals surface area contributed by atoms with Crippen LogP contribution in [0.4, 0.5) is 0 Å². The molecule has 80 valence electrons. The summed E-state index contributed by atoms with van der Waals surface area (Å²) in [5.74, 6) is 2.88. The van der Waals surface area contributed by atoms with Crippen molar-refractivity contribution in [3.05, 3.63) is 0 Å². The molecular formula is C13H22O. The molecule has 4 unspecified atom stereocenters. The Balaban J connectivity index is 1.84. The fourth-order valence-corrected chi connectivity index (χ4v) is 4.57. The molecule has 0 spiro atoms. The van der Waals surface area contributed by atoms with E-state index in [1.807, 2.05) is 0 Å². The van der Waals surface area contributed by atoms with Crippen molar-refractivity contribution in [2.45, 2.75) is 52.1 Å². The Morgan fingerprint density at radius 3 is 2.57 bits per heavy atom. The van der Waals surface area contributed by atoms with Gasteiger partial charge in [0.2, 0.25) is 0 Å². The smallest absolute Gasteiger partial charge is 0.0612 e. The molecular weight excluding hydrogens is 172 g/mol. The van der Waals surface area contributed by atoms with Crippen molar-refractivity contribution >= 4 is 0 Å². The molecule has 1 nitrogen and oxygen atoms in total. The lowest BCUT2D eigenvalue weighted by Crippen LogP contribution is -2.38. The van der Waals surface area contributed by atoms with Gasteiger partial charge in [0.1, 0.15) is 0 Å². The third kappa shape index (κ3) is 1.11. The van der Waals surface area contributed by atoms with Gasteiger partial charge in [-0.2, -0.15) is 0 Å². The average Bonchev–Trinajstić information content (AvgIpc) is 2.75. The summed E-state index contributed by atoms with van der Waals surface area (Å²) in [6, 6.07) is 0. The molecule has 0 aromatic rings. The Bertz CT molecular complexity index is 227. The summed E-state index contributed by atoms with van der Waals surface area (Å²) in [5, 5.41) is 0. The van der Waals surface area contributed by atoms with Gasteiger partial charge in [-0.3, -0.25) is 0 Å².